The molecule has 150 valence electrons. The van der Waals surface area contributed by atoms with Crippen molar-refractivity contribution in [1.29, 1.82) is 0 Å². The second-order valence-corrected chi connectivity index (χ2v) is 8.62. The molecular formula is C22H26BrClN2O2. The predicted octanol–water partition coefficient (Wildman–Crippen LogP) is 4.83. The Morgan fingerprint density at radius 1 is 1.07 bits per heavy atom. The number of hydrogen-bond acceptors (Lipinski definition) is 2. The molecule has 1 atom stereocenters. The van der Waals surface area contributed by atoms with E-state index in [1.54, 1.807) is 24.0 Å². The van der Waals surface area contributed by atoms with E-state index in [0.29, 0.717) is 24.0 Å². The first kappa shape index (κ1) is 22.4. The van der Waals surface area contributed by atoms with E-state index in [0.717, 1.165) is 15.6 Å². The summed E-state index contributed by atoms with van der Waals surface area (Å²) in [5.41, 5.74) is 1.79. The molecule has 0 bridgehead atoms. The van der Waals surface area contributed by atoms with Crippen LogP contribution in [0, 0.1) is 5.92 Å². The third-order valence-corrected chi connectivity index (χ3v) is 5.13. The van der Waals surface area contributed by atoms with Crippen LogP contribution in [0.5, 0.6) is 0 Å². The van der Waals surface area contributed by atoms with Gasteiger partial charge in [-0.25, -0.2) is 0 Å². The SMILES string of the molecule is CC(C)CNC(=O)[C@@H](C)N(Cc1ccc(Br)cc1)C(=O)Cc1cccc(Cl)c1. The molecular weight excluding hydrogens is 440 g/mol. The molecule has 0 radical (unpaired) electrons. The molecule has 4 nitrogen and oxygen atoms in total. The van der Waals surface area contributed by atoms with Gasteiger partial charge in [0.1, 0.15) is 6.04 Å². The summed E-state index contributed by atoms with van der Waals surface area (Å²) >= 11 is 9.46. The number of carbonyl (C=O) groups is 2. The van der Waals surface area contributed by atoms with Gasteiger partial charge in [-0.3, -0.25) is 9.59 Å². The van der Waals surface area contributed by atoms with Crippen molar-refractivity contribution < 1.29 is 9.59 Å². The minimum atomic E-state index is -0.575. The quantitative estimate of drug-likeness (QED) is 0.607. The summed E-state index contributed by atoms with van der Waals surface area (Å²) in [5, 5.41) is 3.51. The van der Waals surface area contributed by atoms with Gasteiger partial charge >= 0.3 is 0 Å². The predicted molar refractivity (Wildman–Crippen MR) is 117 cm³/mol. The first-order chi connectivity index (χ1) is 13.3. The highest BCUT2D eigenvalue weighted by molar-refractivity contribution is 9.10. The van der Waals surface area contributed by atoms with Gasteiger partial charge in [0.15, 0.2) is 0 Å². The van der Waals surface area contributed by atoms with Gasteiger partial charge in [-0.1, -0.05) is 65.6 Å². The molecule has 6 heteroatoms. The highest BCUT2D eigenvalue weighted by atomic mass is 79.9. The van der Waals surface area contributed by atoms with Crippen molar-refractivity contribution >= 4 is 39.3 Å². The normalized spacial score (nSPS) is 11.9. The lowest BCUT2D eigenvalue weighted by atomic mass is 10.1. The molecule has 0 aliphatic heterocycles. The summed E-state index contributed by atoms with van der Waals surface area (Å²) in [7, 11) is 0. The summed E-state index contributed by atoms with van der Waals surface area (Å²) in [6, 6.07) is 14.4. The fraction of sp³-hybridized carbons (Fsp3) is 0.364. The molecule has 2 rings (SSSR count). The summed E-state index contributed by atoms with van der Waals surface area (Å²) in [6.45, 7) is 6.79. The van der Waals surface area contributed by atoms with Crippen LogP contribution < -0.4 is 5.32 Å². The van der Waals surface area contributed by atoms with Crippen LogP contribution in [0.4, 0.5) is 0 Å². The molecule has 0 aliphatic carbocycles. The number of benzene rings is 2. The number of halogens is 2. The second-order valence-electron chi connectivity index (χ2n) is 7.27. The van der Waals surface area contributed by atoms with Gasteiger partial charge in [0.2, 0.25) is 11.8 Å². The molecule has 0 fully saturated rings. The molecule has 0 saturated heterocycles. The lowest BCUT2D eigenvalue weighted by Crippen LogP contribution is -2.48. The Kier molecular flexibility index (Phi) is 8.52. The fourth-order valence-electron chi connectivity index (χ4n) is 2.74. The maximum atomic E-state index is 13.1. The van der Waals surface area contributed by atoms with E-state index in [2.05, 4.69) is 21.2 Å². The van der Waals surface area contributed by atoms with Crippen molar-refractivity contribution in [2.45, 2.75) is 39.8 Å². The van der Waals surface area contributed by atoms with Gasteiger partial charge in [-0.15, -0.1) is 0 Å². The topological polar surface area (TPSA) is 49.4 Å². The molecule has 0 saturated carbocycles. The lowest BCUT2D eigenvalue weighted by Gasteiger charge is -2.29. The molecule has 0 unspecified atom stereocenters. The Hall–Kier alpha value is -1.85. The van der Waals surface area contributed by atoms with Crippen LogP contribution in [0.2, 0.25) is 5.02 Å². The lowest BCUT2D eigenvalue weighted by molar-refractivity contribution is -0.140. The van der Waals surface area contributed by atoms with E-state index in [1.165, 1.54) is 0 Å². The van der Waals surface area contributed by atoms with Crippen LogP contribution in [0.25, 0.3) is 0 Å². The first-order valence-electron chi connectivity index (χ1n) is 9.32. The van der Waals surface area contributed by atoms with Crippen LogP contribution in [-0.2, 0) is 22.6 Å². The summed E-state index contributed by atoms with van der Waals surface area (Å²) in [6.07, 6.45) is 0.193. The summed E-state index contributed by atoms with van der Waals surface area (Å²) in [5.74, 6) is 0.0841. The molecule has 0 aromatic heterocycles. The van der Waals surface area contributed by atoms with Crippen molar-refractivity contribution in [3.05, 3.63) is 69.2 Å². The molecule has 0 heterocycles. The van der Waals surface area contributed by atoms with E-state index >= 15 is 0 Å². The molecule has 0 spiro atoms. The van der Waals surface area contributed by atoms with Crippen LogP contribution in [0.15, 0.2) is 53.0 Å². The van der Waals surface area contributed by atoms with Crippen LogP contribution in [-0.4, -0.2) is 29.3 Å². The number of nitrogens with one attached hydrogen (secondary N) is 1. The van der Waals surface area contributed by atoms with Gasteiger partial charge in [-0.05, 0) is 48.2 Å². The molecule has 1 N–H and O–H groups in total. The monoisotopic (exact) mass is 464 g/mol. The zero-order valence-corrected chi connectivity index (χ0v) is 18.8. The van der Waals surface area contributed by atoms with Gasteiger partial charge in [0.05, 0.1) is 6.42 Å². The zero-order valence-electron chi connectivity index (χ0n) is 16.4. The Labute approximate surface area is 180 Å². The Morgan fingerprint density at radius 2 is 1.75 bits per heavy atom. The average molecular weight is 466 g/mol. The van der Waals surface area contributed by atoms with Crippen molar-refractivity contribution in [2.24, 2.45) is 5.92 Å². The van der Waals surface area contributed by atoms with E-state index in [4.69, 9.17) is 11.6 Å². The van der Waals surface area contributed by atoms with Gasteiger partial charge in [0.25, 0.3) is 0 Å². The number of hydrogen-bond donors (Lipinski definition) is 1. The molecule has 2 aromatic rings. The third kappa shape index (κ3) is 6.95. The van der Waals surface area contributed by atoms with E-state index in [1.807, 2.05) is 50.2 Å². The average Bonchev–Trinajstić information content (AvgIpc) is 2.65. The van der Waals surface area contributed by atoms with Crippen molar-refractivity contribution in [3.8, 4) is 0 Å². The Bertz CT molecular complexity index is 808. The van der Waals surface area contributed by atoms with Crippen molar-refractivity contribution in [2.75, 3.05) is 6.54 Å². The highest BCUT2D eigenvalue weighted by Crippen LogP contribution is 2.17. The van der Waals surface area contributed by atoms with Gasteiger partial charge in [-0.2, -0.15) is 0 Å². The van der Waals surface area contributed by atoms with E-state index in [9.17, 15) is 9.59 Å². The Balaban J connectivity index is 2.19. The summed E-state index contributed by atoms with van der Waals surface area (Å²) in [4.78, 5) is 27.3. The zero-order chi connectivity index (χ0) is 20.7. The van der Waals surface area contributed by atoms with Gasteiger partial charge in [0, 0.05) is 22.6 Å². The fourth-order valence-corrected chi connectivity index (χ4v) is 3.22. The first-order valence-corrected chi connectivity index (χ1v) is 10.5. The van der Waals surface area contributed by atoms with Crippen LogP contribution in [0.1, 0.15) is 31.9 Å². The van der Waals surface area contributed by atoms with Crippen LogP contribution in [0.3, 0.4) is 0 Å². The maximum absolute atomic E-state index is 13.1. The Morgan fingerprint density at radius 3 is 2.36 bits per heavy atom. The number of amides is 2. The van der Waals surface area contributed by atoms with Crippen molar-refractivity contribution in [3.63, 3.8) is 0 Å². The highest BCUT2D eigenvalue weighted by Gasteiger charge is 2.26. The molecule has 0 aliphatic rings. The standard InChI is InChI=1S/C22H26BrClN2O2/c1-15(2)13-25-22(28)16(3)26(14-17-7-9-19(23)10-8-17)21(27)12-18-5-4-6-20(24)11-18/h4-11,15-16H,12-14H2,1-3H3,(H,25,28)/t16-/m1/s1. The minimum Gasteiger partial charge on any atom is -0.354 e. The van der Waals surface area contributed by atoms with E-state index < -0.39 is 6.04 Å². The maximum Gasteiger partial charge on any atom is 0.242 e. The molecule has 28 heavy (non-hydrogen) atoms. The largest absolute Gasteiger partial charge is 0.354 e. The number of rotatable bonds is 8. The molecule has 2 aromatic carbocycles. The second kappa shape index (κ2) is 10.6. The molecule has 2 amide bonds. The van der Waals surface area contributed by atoms with Crippen molar-refractivity contribution in [1.82, 2.24) is 10.2 Å². The van der Waals surface area contributed by atoms with Gasteiger partial charge < -0.3 is 10.2 Å². The third-order valence-electron chi connectivity index (χ3n) is 4.36. The number of carbonyl (C=O) groups excluding carboxylic acids is 2. The summed E-state index contributed by atoms with van der Waals surface area (Å²) < 4.78 is 0.968. The number of nitrogens with zero attached hydrogens (tertiary/aromatic N) is 1. The minimum absolute atomic E-state index is 0.114. The smallest absolute Gasteiger partial charge is 0.242 e. The van der Waals surface area contributed by atoms with Crippen LogP contribution >= 0.6 is 27.5 Å². The van der Waals surface area contributed by atoms with E-state index in [-0.39, 0.29) is 18.2 Å².